The van der Waals surface area contributed by atoms with E-state index < -0.39 is 34.2 Å². The number of aliphatic hydroxyl groups is 1. The Hall–Kier alpha value is -2.58. The van der Waals surface area contributed by atoms with Gasteiger partial charge >= 0.3 is 0 Å². The van der Waals surface area contributed by atoms with Crippen LogP contribution in [-0.2, 0) is 14.4 Å². The molecule has 6 atom stereocenters. The van der Waals surface area contributed by atoms with Gasteiger partial charge < -0.3 is 19.8 Å². The second kappa shape index (κ2) is 12.2. The van der Waals surface area contributed by atoms with Crippen molar-refractivity contribution < 1.29 is 19.5 Å². The highest BCUT2D eigenvalue weighted by Gasteiger charge is 2.74. The minimum absolute atomic E-state index is 0.0314. The van der Waals surface area contributed by atoms with Gasteiger partial charge in [0.25, 0.3) is 0 Å². The van der Waals surface area contributed by atoms with E-state index in [1.54, 1.807) is 33.7 Å². The van der Waals surface area contributed by atoms with Crippen LogP contribution < -0.4 is 4.90 Å². The van der Waals surface area contributed by atoms with Gasteiger partial charge in [-0.25, -0.2) is 0 Å². The molecule has 0 aliphatic carbocycles. The summed E-state index contributed by atoms with van der Waals surface area (Å²) in [6, 6.07) is 8.24. The lowest BCUT2D eigenvalue weighted by molar-refractivity contribution is -0.149. The first-order chi connectivity index (χ1) is 19.8. The number of benzene rings is 1. The first-order valence-electron chi connectivity index (χ1n) is 15.3. The summed E-state index contributed by atoms with van der Waals surface area (Å²) in [4.78, 5) is 49.1. The second-order valence-corrected chi connectivity index (χ2v) is 15.5. The number of aliphatic hydroxyl groups excluding tert-OH is 1. The van der Waals surface area contributed by atoms with Crippen LogP contribution in [0.25, 0.3) is 0 Å². The van der Waals surface area contributed by atoms with Gasteiger partial charge in [0.1, 0.15) is 6.04 Å². The molecule has 1 aromatic carbocycles. The van der Waals surface area contributed by atoms with Gasteiger partial charge in [-0.1, -0.05) is 58.0 Å². The van der Waals surface area contributed by atoms with E-state index in [9.17, 15) is 19.5 Å². The lowest BCUT2D eigenvalue weighted by atomic mass is 9.70. The van der Waals surface area contributed by atoms with Gasteiger partial charge in [0.15, 0.2) is 0 Å². The zero-order valence-corrected chi connectivity index (χ0v) is 27.0. The van der Waals surface area contributed by atoms with Gasteiger partial charge in [0, 0.05) is 29.6 Å². The van der Waals surface area contributed by atoms with Crippen molar-refractivity contribution in [2.75, 3.05) is 24.6 Å². The Labute approximate surface area is 256 Å². The quantitative estimate of drug-likeness (QED) is 0.332. The summed E-state index contributed by atoms with van der Waals surface area (Å²) < 4.78 is -0.727. The van der Waals surface area contributed by atoms with Crippen molar-refractivity contribution in [1.82, 2.24) is 9.80 Å². The molecule has 0 radical (unpaired) electrons. The fourth-order valence-electron chi connectivity index (χ4n) is 8.00. The topological polar surface area (TPSA) is 81.2 Å². The Morgan fingerprint density at radius 2 is 1.76 bits per heavy atom. The number of para-hydroxylation sites is 1. The third-order valence-electron chi connectivity index (χ3n) is 9.25. The molecule has 3 saturated heterocycles. The molecule has 0 saturated carbocycles. The maximum Gasteiger partial charge on any atom is 0.247 e. The average molecular weight is 596 g/mol. The van der Waals surface area contributed by atoms with Crippen LogP contribution in [0.3, 0.4) is 0 Å². The Balaban J connectivity index is 1.81. The number of hydrogen-bond donors (Lipinski definition) is 1. The molecule has 1 aromatic rings. The predicted octanol–water partition coefficient (Wildman–Crippen LogP) is 5.30. The Kier molecular flexibility index (Phi) is 9.39. The Morgan fingerprint density at radius 3 is 2.31 bits per heavy atom. The number of fused-ring (bicyclic) bond motifs is 1. The number of nitrogens with zero attached hydrogens (tertiary/aromatic N) is 3. The largest absolute Gasteiger partial charge is 0.394 e. The minimum atomic E-state index is -0.760. The number of amides is 3. The van der Waals surface area contributed by atoms with Gasteiger partial charge in [0.05, 0.1) is 29.2 Å². The fourth-order valence-corrected chi connectivity index (χ4v) is 10.2. The third kappa shape index (κ3) is 5.57. The number of hydrogen-bond acceptors (Lipinski definition) is 5. The monoisotopic (exact) mass is 595 g/mol. The molecule has 3 aliphatic rings. The van der Waals surface area contributed by atoms with Crippen molar-refractivity contribution in [2.45, 2.75) is 94.8 Å². The lowest BCUT2D eigenvalue weighted by Gasteiger charge is -2.46. The van der Waals surface area contributed by atoms with Crippen molar-refractivity contribution in [3.05, 3.63) is 55.6 Å². The molecule has 1 N–H and O–H groups in total. The molecule has 2 bridgehead atoms. The zero-order valence-electron chi connectivity index (χ0n) is 26.2. The van der Waals surface area contributed by atoms with Gasteiger partial charge in [0.2, 0.25) is 17.7 Å². The van der Waals surface area contributed by atoms with E-state index in [0.717, 1.165) is 18.5 Å². The molecule has 3 heterocycles. The summed E-state index contributed by atoms with van der Waals surface area (Å²) in [6.45, 7) is 20.9. The van der Waals surface area contributed by atoms with Crippen LogP contribution in [0.15, 0.2) is 55.6 Å². The van der Waals surface area contributed by atoms with Crippen molar-refractivity contribution >= 4 is 35.2 Å². The highest BCUT2D eigenvalue weighted by atomic mass is 32.2. The molecule has 2 unspecified atom stereocenters. The van der Waals surface area contributed by atoms with E-state index in [1.807, 2.05) is 42.2 Å². The number of carbonyl (C=O) groups excluding carboxylic acids is 3. The van der Waals surface area contributed by atoms with Crippen LogP contribution in [0.5, 0.6) is 0 Å². The van der Waals surface area contributed by atoms with Crippen LogP contribution in [0.2, 0.25) is 0 Å². The molecule has 42 heavy (non-hydrogen) atoms. The molecule has 3 amide bonds. The van der Waals surface area contributed by atoms with Crippen LogP contribution in [0.4, 0.5) is 5.69 Å². The molecule has 4 rings (SSSR count). The van der Waals surface area contributed by atoms with E-state index in [4.69, 9.17) is 0 Å². The van der Waals surface area contributed by atoms with E-state index in [0.29, 0.717) is 25.9 Å². The number of carbonyl (C=O) groups is 3. The summed E-state index contributed by atoms with van der Waals surface area (Å²) in [5.74, 6) is -1.57. The summed E-state index contributed by atoms with van der Waals surface area (Å²) in [7, 11) is 0. The highest BCUT2D eigenvalue weighted by Crippen LogP contribution is 2.67. The number of likely N-dealkylation sites (tertiary alicyclic amines) is 1. The molecule has 3 fully saturated rings. The van der Waals surface area contributed by atoms with E-state index >= 15 is 0 Å². The summed E-state index contributed by atoms with van der Waals surface area (Å²) in [6.07, 6.45) is 6.19. The predicted molar refractivity (Wildman–Crippen MR) is 171 cm³/mol. The maximum absolute atomic E-state index is 14.9. The van der Waals surface area contributed by atoms with Crippen LogP contribution in [0, 0.1) is 17.3 Å². The summed E-state index contributed by atoms with van der Waals surface area (Å²) in [5.41, 5.74) is 0.233. The van der Waals surface area contributed by atoms with Gasteiger partial charge in [-0.3, -0.25) is 14.4 Å². The first kappa shape index (κ1) is 32.3. The lowest BCUT2D eigenvalue weighted by Crippen LogP contribution is -2.61. The summed E-state index contributed by atoms with van der Waals surface area (Å²) in [5, 5.41) is 10.4. The number of anilines is 1. The van der Waals surface area contributed by atoms with Crippen LogP contribution in [0.1, 0.15) is 67.2 Å². The molecule has 1 spiro atoms. The van der Waals surface area contributed by atoms with E-state index in [2.05, 4.69) is 47.8 Å². The molecule has 8 heteroatoms. The van der Waals surface area contributed by atoms with Gasteiger partial charge in [-0.05, 0) is 57.1 Å². The second-order valence-electron chi connectivity index (χ2n) is 13.9. The Morgan fingerprint density at radius 1 is 1.12 bits per heavy atom. The Bertz CT molecular complexity index is 1190. The van der Waals surface area contributed by atoms with Crippen molar-refractivity contribution in [3.8, 4) is 0 Å². The zero-order chi connectivity index (χ0) is 31.0. The average Bonchev–Trinajstić information content (AvgIpc) is 3.57. The molecule has 3 aliphatic heterocycles. The van der Waals surface area contributed by atoms with Gasteiger partial charge in [-0.15, -0.1) is 24.9 Å². The van der Waals surface area contributed by atoms with Crippen LogP contribution in [-0.4, -0.2) is 79.9 Å². The van der Waals surface area contributed by atoms with Crippen LogP contribution >= 0.6 is 11.8 Å². The maximum atomic E-state index is 14.9. The summed E-state index contributed by atoms with van der Waals surface area (Å²) >= 11 is 1.67. The first-order valence-corrected chi connectivity index (χ1v) is 16.2. The third-order valence-corrected chi connectivity index (χ3v) is 11.2. The van der Waals surface area contributed by atoms with Gasteiger partial charge in [-0.2, -0.15) is 0 Å². The smallest absolute Gasteiger partial charge is 0.247 e. The molecule has 7 nitrogen and oxygen atoms in total. The highest BCUT2D eigenvalue weighted by molar-refractivity contribution is 8.02. The fraction of sp³-hybridized carbons (Fsp3) is 0.618. The van der Waals surface area contributed by atoms with Crippen molar-refractivity contribution in [2.24, 2.45) is 17.3 Å². The van der Waals surface area contributed by atoms with E-state index in [-0.39, 0.29) is 35.0 Å². The molecular formula is C34H49N3O4S. The minimum Gasteiger partial charge on any atom is -0.394 e. The van der Waals surface area contributed by atoms with E-state index in [1.165, 1.54) is 0 Å². The number of rotatable bonds is 12. The standard InChI is InChI=1S/C34H49N3O4S/c1-9-19-35(24-15-13-12-14-16-24)29(39)26-25-17-18-34(42-25)27(26)30(40)37(23(11-3)21-38)28(34)31(41)36(20-10-2)33(7,8)22-32(4,5)6/h9-10,12-16,23,25-28,38H,1-2,11,17-22H2,3-8H3/t23-,25+,26-,27-,28?,34?/m0/s1. The molecule has 230 valence electrons. The van der Waals surface area contributed by atoms with Crippen molar-refractivity contribution in [3.63, 3.8) is 0 Å². The normalized spacial score (nSPS) is 27.5. The van der Waals surface area contributed by atoms with Crippen molar-refractivity contribution in [1.29, 1.82) is 0 Å². The SMILES string of the molecule is C=CCN(C(=O)[C@@H]1[C@H]2C(=O)N([C@@H](CC)CO)C(C(=O)N(CC=C)C(C)(C)CC(C)(C)C)C23CC[C@H]1S3)c1ccccc1. The number of thioether (sulfide) groups is 1. The molecule has 0 aromatic heterocycles. The molecular weight excluding hydrogens is 546 g/mol.